The highest BCUT2D eigenvalue weighted by Gasteiger charge is 2.15. The molecule has 2 aromatic rings. The van der Waals surface area contributed by atoms with E-state index in [1.807, 2.05) is 0 Å². The van der Waals surface area contributed by atoms with Gasteiger partial charge in [0.25, 0.3) is 0 Å². The Morgan fingerprint density at radius 2 is 2.10 bits per heavy atom. The third kappa shape index (κ3) is 3.89. The number of aromatic nitrogens is 4. The Morgan fingerprint density at radius 1 is 1.25 bits per heavy atom. The first kappa shape index (κ1) is 14.7. The molecule has 2 aromatic heterocycles. The Morgan fingerprint density at radius 3 is 2.80 bits per heavy atom. The van der Waals surface area contributed by atoms with Crippen molar-refractivity contribution in [3.63, 3.8) is 0 Å². The van der Waals surface area contributed by atoms with Crippen LogP contribution in [0.3, 0.4) is 0 Å². The van der Waals surface area contributed by atoms with Crippen LogP contribution in [0.25, 0.3) is 0 Å². The van der Waals surface area contributed by atoms with E-state index in [1.54, 1.807) is 23.1 Å². The molecule has 0 unspecified atom stereocenters. The van der Waals surface area contributed by atoms with Crippen molar-refractivity contribution in [2.45, 2.75) is 24.4 Å². The van der Waals surface area contributed by atoms with Gasteiger partial charge in [-0.1, -0.05) is 0 Å². The number of aliphatic hydroxyl groups is 1. The van der Waals surface area contributed by atoms with Gasteiger partial charge in [0.2, 0.25) is 10.0 Å². The van der Waals surface area contributed by atoms with Gasteiger partial charge in [-0.05, 0) is 12.5 Å². The van der Waals surface area contributed by atoms with E-state index in [1.165, 1.54) is 17.1 Å². The molecule has 2 N–H and O–H groups in total. The fraction of sp³-hybridized carbons (Fsp3) is 0.455. The van der Waals surface area contributed by atoms with Gasteiger partial charge in [0, 0.05) is 38.3 Å². The quantitative estimate of drug-likeness (QED) is 0.680. The number of sulfonamides is 1. The third-order valence-electron chi connectivity index (χ3n) is 2.66. The summed E-state index contributed by atoms with van der Waals surface area (Å²) >= 11 is 0. The van der Waals surface area contributed by atoms with Crippen LogP contribution in [0.2, 0.25) is 0 Å². The standard InChI is InChI=1S/C11H17N5O3S/c17-8-2-6-16-10-11(9-13-16)20(18,19)14-4-7-15-5-1-3-12-15/h1,3,5,9-10,14,17H,2,4,6-8H2. The van der Waals surface area contributed by atoms with Crippen LogP contribution in [0, 0.1) is 0 Å². The second-order valence-corrected chi connectivity index (χ2v) is 5.95. The summed E-state index contributed by atoms with van der Waals surface area (Å²) in [6.07, 6.45) is 6.69. The van der Waals surface area contributed by atoms with Crippen molar-refractivity contribution in [2.75, 3.05) is 13.2 Å². The molecule has 2 heterocycles. The van der Waals surface area contributed by atoms with E-state index < -0.39 is 10.0 Å². The smallest absolute Gasteiger partial charge is 0.243 e. The number of rotatable bonds is 8. The topological polar surface area (TPSA) is 102 Å². The van der Waals surface area contributed by atoms with Crippen molar-refractivity contribution < 1.29 is 13.5 Å². The molecule has 0 saturated carbocycles. The molecule has 0 aliphatic rings. The lowest BCUT2D eigenvalue weighted by Gasteiger charge is -2.04. The summed E-state index contributed by atoms with van der Waals surface area (Å²) in [6, 6.07) is 1.78. The van der Waals surface area contributed by atoms with Crippen molar-refractivity contribution in [1.29, 1.82) is 0 Å². The molecule has 9 heteroatoms. The van der Waals surface area contributed by atoms with Crippen LogP contribution in [-0.4, -0.2) is 46.2 Å². The summed E-state index contributed by atoms with van der Waals surface area (Å²) in [6.45, 7) is 1.25. The molecule has 0 bridgehead atoms. The van der Waals surface area contributed by atoms with E-state index in [4.69, 9.17) is 5.11 Å². The molecule has 0 aliphatic heterocycles. The molecule has 8 nitrogen and oxygen atoms in total. The first-order valence-electron chi connectivity index (χ1n) is 6.22. The van der Waals surface area contributed by atoms with Crippen molar-refractivity contribution in [2.24, 2.45) is 0 Å². The summed E-state index contributed by atoms with van der Waals surface area (Å²) in [4.78, 5) is 0.121. The predicted molar refractivity (Wildman–Crippen MR) is 71.3 cm³/mol. The zero-order valence-corrected chi connectivity index (χ0v) is 11.7. The van der Waals surface area contributed by atoms with Gasteiger partial charge >= 0.3 is 0 Å². The molecule has 0 atom stereocenters. The Labute approximate surface area is 117 Å². The molecule has 0 aromatic carbocycles. The average molecular weight is 299 g/mol. The number of hydrogen-bond acceptors (Lipinski definition) is 5. The normalized spacial score (nSPS) is 11.8. The first-order valence-corrected chi connectivity index (χ1v) is 7.70. The molecule has 2 rings (SSSR count). The number of aliphatic hydroxyl groups excluding tert-OH is 1. The maximum Gasteiger partial charge on any atom is 0.243 e. The predicted octanol–water partition coefficient (Wildman–Crippen LogP) is -0.560. The second kappa shape index (κ2) is 6.64. The number of nitrogens with one attached hydrogen (secondary N) is 1. The molecule has 0 fully saturated rings. The summed E-state index contributed by atoms with van der Waals surface area (Å²) in [5, 5.41) is 16.7. The Hall–Kier alpha value is -1.71. The summed E-state index contributed by atoms with van der Waals surface area (Å²) in [5.41, 5.74) is 0. The monoisotopic (exact) mass is 299 g/mol. The van der Waals surface area contributed by atoms with Gasteiger partial charge in [-0.25, -0.2) is 13.1 Å². The minimum absolute atomic E-state index is 0.0457. The highest BCUT2D eigenvalue weighted by molar-refractivity contribution is 7.89. The molecule has 0 radical (unpaired) electrons. The lowest BCUT2D eigenvalue weighted by atomic mass is 10.5. The second-order valence-electron chi connectivity index (χ2n) is 4.18. The minimum atomic E-state index is -3.55. The molecular formula is C11H17N5O3S. The molecule has 0 amide bonds. The van der Waals surface area contributed by atoms with E-state index in [9.17, 15) is 8.42 Å². The fourth-order valence-electron chi connectivity index (χ4n) is 1.65. The van der Waals surface area contributed by atoms with Crippen LogP contribution in [0.15, 0.2) is 35.7 Å². The van der Waals surface area contributed by atoms with Crippen LogP contribution >= 0.6 is 0 Å². The van der Waals surface area contributed by atoms with Gasteiger partial charge < -0.3 is 5.11 Å². The third-order valence-corrected chi connectivity index (χ3v) is 4.07. The molecular weight excluding hydrogens is 282 g/mol. The largest absolute Gasteiger partial charge is 0.396 e. The van der Waals surface area contributed by atoms with Crippen molar-refractivity contribution in [3.8, 4) is 0 Å². The SMILES string of the molecule is O=S(=O)(NCCn1cccn1)c1cnn(CCCO)c1. The Bertz CT molecular complexity index is 620. The van der Waals surface area contributed by atoms with Gasteiger partial charge in [-0.3, -0.25) is 9.36 Å². The highest BCUT2D eigenvalue weighted by atomic mass is 32.2. The van der Waals surface area contributed by atoms with Crippen molar-refractivity contribution >= 4 is 10.0 Å². The summed E-state index contributed by atoms with van der Waals surface area (Å²) in [5.74, 6) is 0. The summed E-state index contributed by atoms with van der Waals surface area (Å²) < 4.78 is 29.6. The van der Waals surface area contributed by atoms with Crippen LogP contribution < -0.4 is 4.72 Å². The van der Waals surface area contributed by atoms with E-state index in [0.717, 1.165) is 0 Å². The molecule has 20 heavy (non-hydrogen) atoms. The Balaban J connectivity index is 1.90. The summed E-state index contributed by atoms with van der Waals surface area (Å²) in [7, 11) is -3.55. The van der Waals surface area contributed by atoms with Gasteiger partial charge in [-0.2, -0.15) is 10.2 Å². The maximum atomic E-state index is 12.0. The molecule has 0 saturated heterocycles. The van der Waals surface area contributed by atoms with E-state index >= 15 is 0 Å². The number of hydrogen-bond donors (Lipinski definition) is 2. The Kier molecular flexibility index (Phi) is 4.88. The number of nitrogens with zero attached hydrogens (tertiary/aromatic N) is 4. The lowest BCUT2D eigenvalue weighted by Crippen LogP contribution is -2.27. The minimum Gasteiger partial charge on any atom is -0.396 e. The molecule has 0 spiro atoms. The van der Waals surface area contributed by atoms with Crippen LogP contribution in [0.1, 0.15) is 6.42 Å². The highest BCUT2D eigenvalue weighted by Crippen LogP contribution is 2.07. The maximum absolute atomic E-state index is 12.0. The zero-order chi connectivity index (χ0) is 14.4. The van der Waals surface area contributed by atoms with E-state index in [0.29, 0.717) is 19.5 Å². The first-order chi connectivity index (χ1) is 9.62. The fourth-order valence-corrected chi connectivity index (χ4v) is 2.62. The van der Waals surface area contributed by atoms with Crippen molar-refractivity contribution in [1.82, 2.24) is 24.3 Å². The van der Waals surface area contributed by atoms with E-state index in [2.05, 4.69) is 14.9 Å². The van der Waals surface area contributed by atoms with Crippen LogP contribution in [-0.2, 0) is 23.1 Å². The van der Waals surface area contributed by atoms with Gasteiger partial charge in [0.15, 0.2) is 0 Å². The van der Waals surface area contributed by atoms with Crippen LogP contribution in [0.4, 0.5) is 0 Å². The average Bonchev–Trinajstić information content (AvgIpc) is 3.07. The van der Waals surface area contributed by atoms with Gasteiger partial charge in [0.05, 0.1) is 12.7 Å². The zero-order valence-electron chi connectivity index (χ0n) is 10.9. The van der Waals surface area contributed by atoms with Crippen molar-refractivity contribution in [3.05, 3.63) is 30.9 Å². The van der Waals surface area contributed by atoms with Gasteiger partial charge in [0.1, 0.15) is 4.90 Å². The molecule has 110 valence electrons. The van der Waals surface area contributed by atoms with E-state index in [-0.39, 0.29) is 18.0 Å². The van der Waals surface area contributed by atoms with Crippen LogP contribution in [0.5, 0.6) is 0 Å². The molecule has 0 aliphatic carbocycles. The van der Waals surface area contributed by atoms with Gasteiger partial charge in [-0.15, -0.1) is 0 Å². The lowest BCUT2D eigenvalue weighted by molar-refractivity contribution is 0.277. The number of aryl methyl sites for hydroxylation is 1.